The Bertz CT molecular complexity index is 216. The van der Waals surface area contributed by atoms with E-state index in [1.165, 1.54) is 12.5 Å². The summed E-state index contributed by atoms with van der Waals surface area (Å²) in [5.74, 6) is 1.47. The van der Waals surface area contributed by atoms with Gasteiger partial charge in [-0.2, -0.15) is 0 Å². The average molecular weight is 230 g/mol. The zero-order valence-corrected chi connectivity index (χ0v) is 12.3. The van der Waals surface area contributed by atoms with Crippen LogP contribution in [0, 0.1) is 5.92 Å². The zero-order chi connectivity index (χ0) is 12.1. The fourth-order valence-electron chi connectivity index (χ4n) is 1.29. The van der Waals surface area contributed by atoms with Crippen LogP contribution in [-0.4, -0.2) is 15.4 Å². The van der Waals surface area contributed by atoms with Crippen molar-refractivity contribution in [2.45, 2.75) is 53.3 Å². The molecule has 0 unspecified atom stereocenters. The molecule has 0 aliphatic rings. The maximum Gasteiger partial charge on any atom is 0.263 e. The summed E-state index contributed by atoms with van der Waals surface area (Å²) in [6.07, 6.45) is 1.24. The van der Waals surface area contributed by atoms with Gasteiger partial charge in [0.2, 0.25) is 8.32 Å². The lowest BCUT2D eigenvalue weighted by Crippen LogP contribution is -2.30. The molecule has 0 aliphatic heterocycles. The molecule has 0 fully saturated rings. The minimum atomic E-state index is -1.60. The molecule has 0 amide bonds. The number of rotatable bonds is 6. The molecule has 0 rings (SSSR count). The van der Waals surface area contributed by atoms with E-state index in [2.05, 4.69) is 26.9 Å². The molecule has 3 heteroatoms. The Labute approximate surface area is 95.8 Å². The third kappa shape index (κ3) is 6.61. The fourth-order valence-corrected chi connectivity index (χ4v) is 3.45. The Morgan fingerprint density at radius 1 is 1.20 bits per heavy atom. The standard InChI is InChI=1S/C12H26O2Si/c1-10(2)8-9-15(6,7)14-12(13-5)11(3)4/h10H,8-9H2,1-7H3. The molecule has 0 aliphatic carbocycles. The first kappa shape index (κ1) is 14.6. The van der Waals surface area contributed by atoms with E-state index in [0.29, 0.717) is 0 Å². The van der Waals surface area contributed by atoms with Crippen molar-refractivity contribution in [2.75, 3.05) is 7.11 Å². The highest BCUT2D eigenvalue weighted by Crippen LogP contribution is 2.22. The highest BCUT2D eigenvalue weighted by atomic mass is 28.4. The van der Waals surface area contributed by atoms with Crippen molar-refractivity contribution in [3.05, 3.63) is 11.5 Å². The van der Waals surface area contributed by atoms with Gasteiger partial charge in [-0.05, 0) is 38.9 Å². The molecular weight excluding hydrogens is 204 g/mol. The van der Waals surface area contributed by atoms with Crippen molar-refractivity contribution in [2.24, 2.45) is 5.92 Å². The van der Waals surface area contributed by atoms with E-state index in [0.717, 1.165) is 17.4 Å². The summed E-state index contributed by atoms with van der Waals surface area (Å²) >= 11 is 0. The molecule has 15 heavy (non-hydrogen) atoms. The van der Waals surface area contributed by atoms with Gasteiger partial charge in [0.15, 0.2) is 0 Å². The number of methoxy groups -OCH3 is 1. The Balaban J connectivity index is 4.29. The van der Waals surface area contributed by atoms with E-state index >= 15 is 0 Å². The molecule has 0 saturated heterocycles. The Morgan fingerprint density at radius 2 is 1.73 bits per heavy atom. The summed E-state index contributed by atoms with van der Waals surface area (Å²) in [4.78, 5) is 0. The second-order valence-corrected chi connectivity index (χ2v) is 9.51. The smallest absolute Gasteiger partial charge is 0.263 e. The first-order valence-electron chi connectivity index (χ1n) is 5.69. The van der Waals surface area contributed by atoms with Crippen LogP contribution in [0.4, 0.5) is 0 Å². The second-order valence-electron chi connectivity index (χ2n) is 5.29. The first-order chi connectivity index (χ1) is 6.78. The summed E-state index contributed by atoms with van der Waals surface area (Å²) in [6.45, 7) is 13.0. The molecule has 0 aromatic heterocycles. The number of allylic oxidation sites excluding steroid dienone is 1. The Hall–Kier alpha value is -0.443. The normalized spacial score (nSPS) is 11.5. The monoisotopic (exact) mass is 230 g/mol. The van der Waals surface area contributed by atoms with Crippen LogP contribution in [0.15, 0.2) is 11.5 Å². The highest BCUT2D eigenvalue weighted by molar-refractivity contribution is 6.71. The molecule has 0 saturated carbocycles. The van der Waals surface area contributed by atoms with E-state index in [9.17, 15) is 0 Å². The van der Waals surface area contributed by atoms with E-state index in [1.807, 2.05) is 13.8 Å². The quantitative estimate of drug-likeness (QED) is 0.504. The summed E-state index contributed by atoms with van der Waals surface area (Å²) in [6, 6.07) is 1.19. The van der Waals surface area contributed by atoms with E-state index < -0.39 is 8.32 Å². The molecule has 0 aromatic rings. The van der Waals surface area contributed by atoms with E-state index in [1.54, 1.807) is 7.11 Å². The topological polar surface area (TPSA) is 18.5 Å². The van der Waals surface area contributed by atoms with E-state index in [4.69, 9.17) is 9.16 Å². The number of hydrogen-bond donors (Lipinski definition) is 0. The van der Waals surface area contributed by atoms with Crippen LogP contribution in [0.2, 0.25) is 19.1 Å². The molecular formula is C12H26O2Si. The molecule has 0 aromatic carbocycles. The second kappa shape index (κ2) is 6.21. The van der Waals surface area contributed by atoms with Gasteiger partial charge in [-0.15, -0.1) is 0 Å². The van der Waals surface area contributed by atoms with Gasteiger partial charge in [0.1, 0.15) is 0 Å². The van der Waals surface area contributed by atoms with Gasteiger partial charge in [0.05, 0.1) is 7.11 Å². The molecule has 90 valence electrons. The molecule has 2 nitrogen and oxygen atoms in total. The van der Waals surface area contributed by atoms with Crippen LogP contribution in [0.5, 0.6) is 0 Å². The predicted octanol–water partition coefficient (Wildman–Crippen LogP) is 4.15. The molecule has 0 radical (unpaired) electrons. The summed E-state index contributed by atoms with van der Waals surface area (Å²) < 4.78 is 11.2. The van der Waals surface area contributed by atoms with Crippen LogP contribution >= 0.6 is 0 Å². The number of ether oxygens (including phenoxy) is 1. The van der Waals surface area contributed by atoms with Crippen LogP contribution < -0.4 is 0 Å². The van der Waals surface area contributed by atoms with Gasteiger partial charge in [0, 0.05) is 5.57 Å². The van der Waals surface area contributed by atoms with Crippen molar-refractivity contribution < 1.29 is 9.16 Å². The maximum atomic E-state index is 6.00. The minimum Gasteiger partial charge on any atom is -0.519 e. The molecule has 0 N–H and O–H groups in total. The first-order valence-corrected chi connectivity index (χ1v) is 8.80. The van der Waals surface area contributed by atoms with Gasteiger partial charge in [-0.25, -0.2) is 0 Å². The third-order valence-electron chi connectivity index (χ3n) is 2.29. The van der Waals surface area contributed by atoms with E-state index in [-0.39, 0.29) is 0 Å². The molecule has 0 spiro atoms. The molecule has 0 bridgehead atoms. The average Bonchev–Trinajstić information content (AvgIpc) is 2.11. The lowest BCUT2D eigenvalue weighted by molar-refractivity contribution is 0.140. The van der Waals surface area contributed by atoms with Gasteiger partial charge >= 0.3 is 0 Å². The SMILES string of the molecule is COC(O[Si](C)(C)CCC(C)C)=C(C)C. The van der Waals surface area contributed by atoms with Crippen LogP contribution in [0.3, 0.4) is 0 Å². The molecule has 0 atom stereocenters. The van der Waals surface area contributed by atoms with Gasteiger partial charge in [-0.1, -0.05) is 20.3 Å². The summed E-state index contributed by atoms with van der Waals surface area (Å²) in [5.41, 5.74) is 1.11. The summed E-state index contributed by atoms with van der Waals surface area (Å²) in [7, 11) is 0.0801. The van der Waals surface area contributed by atoms with Crippen molar-refractivity contribution >= 4 is 8.32 Å². The van der Waals surface area contributed by atoms with Gasteiger partial charge < -0.3 is 9.16 Å². The van der Waals surface area contributed by atoms with Crippen molar-refractivity contribution in [1.29, 1.82) is 0 Å². The van der Waals surface area contributed by atoms with Gasteiger partial charge in [-0.3, -0.25) is 0 Å². The fraction of sp³-hybridized carbons (Fsp3) is 0.833. The van der Waals surface area contributed by atoms with Crippen LogP contribution in [0.1, 0.15) is 34.1 Å². The third-order valence-corrected chi connectivity index (χ3v) is 4.52. The molecule has 0 heterocycles. The predicted molar refractivity (Wildman–Crippen MR) is 68.2 cm³/mol. The Kier molecular flexibility index (Phi) is 6.02. The Morgan fingerprint density at radius 3 is 2.07 bits per heavy atom. The number of hydrogen-bond acceptors (Lipinski definition) is 2. The minimum absolute atomic E-state index is 0.718. The largest absolute Gasteiger partial charge is 0.519 e. The lowest BCUT2D eigenvalue weighted by atomic mass is 10.2. The van der Waals surface area contributed by atoms with Gasteiger partial charge in [0.25, 0.3) is 5.95 Å². The summed E-state index contributed by atoms with van der Waals surface area (Å²) in [5, 5.41) is 0. The van der Waals surface area contributed by atoms with Crippen LogP contribution in [-0.2, 0) is 9.16 Å². The van der Waals surface area contributed by atoms with Crippen molar-refractivity contribution in [3.63, 3.8) is 0 Å². The van der Waals surface area contributed by atoms with Crippen molar-refractivity contribution in [3.8, 4) is 0 Å². The lowest BCUT2D eigenvalue weighted by Gasteiger charge is -2.26. The van der Waals surface area contributed by atoms with Crippen LogP contribution in [0.25, 0.3) is 0 Å². The van der Waals surface area contributed by atoms with Crippen molar-refractivity contribution in [1.82, 2.24) is 0 Å². The zero-order valence-electron chi connectivity index (χ0n) is 11.3. The highest BCUT2D eigenvalue weighted by Gasteiger charge is 2.26. The maximum absolute atomic E-state index is 6.00.